The van der Waals surface area contributed by atoms with Crippen molar-refractivity contribution in [3.05, 3.63) is 35.4 Å². The number of benzene rings is 1. The molecule has 0 radical (unpaired) electrons. The highest BCUT2D eigenvalue weighted by atomic mass is 19.1. The maximum Gasteiger partial charge on any atom is 0.166 e. The Morgan fingerprint density at radius 1 is 1.28 bits per heavy atom. The molecule has 0 spiro atoms. The molecule has 0 N–H and O–H groups in total. The Hall–Kier alpha value is -1.22. The lowest BCUT2D eigenvalue weighted by Gasteiger charge is -2.19. The van der Waals surface area contributed by atoms with Crippen molar-refractivity contribution in [2.45, 2.75) is 26.4 Å². The minimum atomic E-state index is -0.474. The fourth-order valence-electron chi connectivity index (χ4n) is 2.48. The Morgan fingerprint density at radius 3 is 2.44 bits per heavy atom. The number of nitrogens with zero attached hydrogens (tertiary/aromatic N) is 1. The maximum atomic E-state index is 12.4. The molecule has 1 fully saturated rings. The number of carbonyl (C=O) groups excluding carboxylic acids is 1. The minimum absolute atomic E-state index is 0.0133. The molecule has 2 nitrogen and oxygen atoms in total. The van der Waals surface area contributed by atoms with Crippen LogP contribution in [-0.4, -0.2) is 30.3 Å². The Kier molecular flexibility index (Phi) is 4.48. The van der Waals surface area contributed by atoms with Crippen molar-refractivity contribution < 1.29 is 9.18 Å². The van der Waals surface area contributed by atoms with Crippen LogP contribution in [0.1, 0.15) is 35.7 Å². The van der Waals surface area contributed by atoms with E-state index in [1.807, 2.05) is 6.92 Å². The van der Waals surface area contributed by atoms with E-state index in [1.165, 1.54) is 12.8 Å². The molecule has 1 heterocycles. The first kappa shape index (κ1) is 13.2. The van der Waals surface area contributed by atoms with Crippen LogP contribution in [-0.2, 0) is 6.67 Å². The quantitative estimate of drug-likeness (QED) is 0.747. The summed E-state index contributed by atoms with van der Waals surface area (Å²) in [5.74, 6) is 0.173. The number of carbonyl (C=O) groups is 1. The molecule has 0 amide bonds. The summed E-state index contributed by atoms with van der Waals surface area (Å²) in [5, 5.41) is 0. The molecule has 98 valence electrons. The van der Waals surface area contributed by atoms with Crippen molar-refractivity contribution in [2.75, 3.05) is 19.6 Å². The van der Waals surface area contributed by atoms with E-state index in [1.54, 1.807) is 24.3 Å². The largest absolute Gasteiger partial charge is 0.303 e. The van der Waals surface area contributed by atoms with Gasteiger partial charge in [0, 0.05) is 18.0 Å². The second-order valence-corrected chi connectivity index (χ2v) is 5.10. The molecule has 1 aromatic rings. The zero-order valence-corrected chi connectivity index (χ0v) is 10.9. The van der Waals surface area contributed by atoms with Gasteiger partial charge in [-0.1, -0.05) is 31.2 Å². The number of rotatable bonds is 5. The summed E-state index contributed by atoms with van der Waals surface area (Å²) in [7, 11) is 0. The van der Waals surface area contributed by atoms with Crippen LogP contribution in [0.25, 0.3) is 0 Å². The van der Waals surface area contributed by atoms with E-state index in [-0.39, 0.29) is 11.7 Å². The van der Waals surface area contributed by atoms with E-state index in [0.29, 0.717) is 11.1 Å². The summed E-state index contributed by atoms with van der Waals surface area (Å²) < 4.78 is 12.4. The summed E-state index contributed by atoms with van der Waals surface area (Å²) in [6, 6.07) is 6.85. The van der Waals surface area contributed by atoms with Gasteiger partial charge in [-0.2, -0.15) is 0 Å². The van der Waals surface area contributed by atoms with Crippen LogP contribution >= 0.6 is 0 Å². The van der Waals surface area contributed by atoms with Gasteiger partial charge in [-0.05, 0) is 31.5 Å². The lowest BCUT2D eigenvalue weighted by molar-refractivity contribution is 0.0903. The monoisotopic (exact) mass is 249 g/mol. The zero-order chi connectivity index (χ0) is 13.0. The first-order valence-electron chi connectivity index (χ1n) is 6.62. The molecule has 2 rings (SSSR count). The molecule has 1 atom stereocenters. The van der Waals surface area contributed by atoms with E-state index < -0.39 is 6.67 Å². The maximum absolute atomic E-state index is 12.4. The molecule has 0 aromatic heterocycles. The van der Waals surface area contributed by atoms with Crippen LogP contribution in [0.3, 0.4) is 0 Å². The highest BCUT2D eigenvalue weighted by Crippen LogP contribution is 2.15. The molecular weight excluding hydrogens is 229 g/mol. The topological polar surface area (TPSA) is 20.3 Å². The predicted octanol–water partition coefficient (Wildman–Crippen LogP) is 3.07. The van der Waals surface area contributed by atoms with Crippen molar-refractivity contribution in [1.82, 2.24) is 4.90 Å². The summed E-state index contributed by atoms with van der Waals surface area (Å²) in [4.78, 5) is 14.6. The second-order valence-electron chi connectivity index (χ2n) is 5.10. The lowest BCUT2D eigenvalue weighted by Crippen LogP contribution is -2.29. The third-order valence-corrected chi connectivity index (χ3v) is 3.57. The minimum Gasteiger partial charge on any atom is -0.303 e. The van der Waals surface area contributed by atoms with E-state index in [0.717, 1.165) is 19.6 Å². The highest BCUT2D eigenvalue weighted by molar-refractivity contribution is 5.97. The van der Waals surface area contributed by atoms with Gasteiger partial charge in [0.05, 0.1) is 0 Å². The Labute approximate surface area is 108 Å². The van der Waals surface area contributed by atoms with Gasteiger partial charge < -0.3 is 4.90 Å². The van der Waals surface area contributed by atoms with Crippen LogP contribution in [0.5, 0.6) is 0 Å². The van der Waals surface area contributed by atoms with Crippen LogP contribution in [0.2, 0.25) is 0 Å². The molecule has 1 aromatic carbocycles. The molecule has 0 bridgehead atoms. The van der Waals surface area contributed by atoms with E-state index in [9.17, 15) is 9.18 Å². The first-order chi connectivity index (χ1) is 8.70. The van der Waals surface area contributed by atoms with Crippen LogP contribution in [0.15, 0.2) is 24.3 Å². The molecular formula is C15H20FNO. The molecule has 1 saturated heterocycles. The highest BCUT2D eigenvalue weighted by Gasteiger charge is 2.20. The van der Waals surface area contributed by atoms with Crippen LogP contribution in [0, 0.1) is 5.92 Å². The van der Waals surface area contributed by atoms with E-state index >= 15 is 0 Å². The van der Waals surface area contributed by atoms with Crippen molar-refractivity contribution in [3.63, 3.8) is 0 Å². The average Bonchev–Trinajstić information content (AvgIpc) is 2.91. The SMILES string of the molecule is CC(CN1CCCC1)C(=O)c1ccc(CF)cc1. The van der Waals surface area contributed by atoms with Crippen LogP contribution < -0.4 is 0 Å². The van der Waals surface area contributed by atoms with Crippen molar-refractivity contribution in [1.29, 1.82) is 0 Å². The van der Waals surface area contributed by atoms with Gasteiger partial charge in [0.2, 0.25) is 0 Å². The summed E-state index contributed by atoms with van der Waals surface area (Å²) in [6.07, 6.45) is 2.48. The summed E-state index contributed by atoms with van der Waals surface area (Å²) in [5.41, 5.74) is 1.32. The lowest BCUT2D eigenvalue weighted by atomic mass is 9.98. The summed E-state index contributed by atoms with van der Waals surface area (Å²) in [6.45, 7) is 4.56. The number of alkyl halides is 1. The average molecular weight is 249 g/mol. The molecule has 1 aliphatic heterocycles. The number of halogens is 1. The molecule has 0 saturated carbocycles. The Balaban J connectivity index is 1.95. The standard InChI is InChI=1S/C15H20FNO/c1-12(11-17-8-2-3-9-17)15(18)14-6-4-13(10-16)5-7-14/h4-7,12H,2-3,8-11H2,1H3. The van der Waals surface area contributed by atoms with Crippen molar-refractivity contribution >= 4 is 5.78 Å². The van der Waals surface area contributed by atoms with Gasteiger partial charge in [-0.3, -0.25) is 4.79 Å². The molecule has 1 aliphatic rings. The van der Waals surface area contributed by atoms with Gasteiger partial charge in [-0.25, -0.2) is 4.39 Å². The van der Waals surface area contributed by atoms with Gasteiger partial charge in [0.25, 0.3) is 0 Å². The van der Waals surface area contributed by atoms with Gasteiger partial charge in [0.1, 0.15) is 6.67 Å². The van der Waals surface area contributed by atoms with Gasteiger partial charge in [-0.15, -0.1) is 0 Å². The summed E-state index contributed by atoms with van der Waals surface area (Å²) >= 11 is 0. The fourth-order valence-corrected chi connectivity index (χ4v) is 2.48. The third kappa shape index (κ3) is 3.16. The number of likely N-dealkylation sites (tertiary alicyclic amines) is 1. The molecule has 18 heavy (non-hydrogen) atoms. The Bertz CT molecular complexity index is 395. The smallest absolute Gasteiger partial charge is 0.166 e. The normalized spacial score (nSPS) is 17.9. The number of hydrogen-bond acceptors (Lipinski definition) is 2. The van der Waals surface area contributed by atoms with E-state index in [4.69, 9.17) is 0 Å². The molecule has 3 heteroatoms. The van der Waals surface area contributed by atoms with Crippen molar-refractivity contribution in [3.8, 4) is 0 Å². The predicted molar refractivity (Wildman–Crippen MR) is 70.4 cm³/mol. The van der Waals surface area contributed by atoms with E-state index in [2.05, 4.69) is 4.90 Å². The molecule has 1 unspecified atom stereocenters. The first-order valence-corrected chi connectivity index (χ1v) is 6.62. The second kappa shape index (κ2) is 6.10. The number of Topliss-reactive ketones (excluding diaryl/α,β-unsaturated/α-hetero) is 1. The third-order valence-electron chi connectivity index (χ3n) is 3.57. The number of ketones is 1. The zero-order valence-electron chi connectivity index (χ0n) is 10.9. The van der Waals surface area contributed by atoms with Gasteiger partial charge in [0.15, 0.2) is 5.78 Å². The van der Waals surface area contributed by atoms with Gasteiger partial charge >= 0.3 is 0 Å². The fraction of sp³-hybridized carbons (Fsp3) is 0.533. The molecule has 0 aliphatic carbocycles. The van der Waals surface area contributed by atoms with Crippen LogP contribution in [0.4, 0.5) is 4.39 Å². The van der Waals surface area contributed by atoms with Crippen molar-refractivity contribution in [2.24, 2.45) is 5.92 Å². The Morgan fingerprint density at radius 2 is 1.89 bits per heavy atom. The number of hydrogen-bond donors (Lipinski definition) is 0.